The van der Waals surface area contributed by atoms with Gasteiger partial charge in [-0.2, -0.15) is 9.78 Å². The van der Waals surface area contributed by atoms with Crippen molar-refractivity contribution in [1.29, 1.82) is 0 Å². The minimum atomic E-state index is -0.215. The van der Waals surface area contributed by atoms with Gasteiger partial charge in [0.2, 0.25) is 0 Å². The van der Waals surface area contributed by atoms with E-state index in [4.69, 9.17) is 14.5 Å². The molecule has 0 aliphatic heterocycles. The van der Waals surface area contributed by atoms with Gasteiger partial charge in [-0.05, 0) is 76.2 Å². The molecule has 3 aromatic carbocycles. The van der Waals surface area contributed by atoms with Crippen LogP contribution >= 0.6 is 54.5 Å². The minimum Gasteiger partial charge on any atom is -0.493 e. The van der Waals surface area contributed by atoms with E-state index in [1.54, 1.807) is 19.4 Å². The Hall–Kier alpha value is -2.24. The number of rotatable bonds is 7. The number of halogens is 3. The molecular weight excluding hydrogens is 689 g/mol. The van der Waals surface area contributed by atoms with Gasteiger partial charge in [-0.1, -0.05) is 57.8 Å². The van der Waals surface area contributed by atoms with Crippen LogP contribution in [0.25, 0.3) is 10.9 Å². The molecule has 6 nitrogen and oxygen atoms in total. The summed E-state index contributed by atoms with van der Waals surface area (Å²) in [5.74, 6) is 1.85. The number of methoxy groups -OCH3 is 1. The van der Waals surface area contributed by atoms with Crippen molar-refractivity contribution in [2.24, 2.45) is 5.10 Å². The van der Waals surface area contributed by atoms with E-state index in [0.717, 1.165) is 23.6 Å². The van der Waals surface area contributed by atoms with E-state index in [1.165, 1.54) is 4.68 Å². The average Bonchev–Trinajstić information content (AvgIpc) is 2.83. The third-order valence-electron chi connectivity index (χ3n) is 5.22. The van der Waals surface area contributed by atoms with Crippen LogP contribution in [0.5, 0.6) is 11.5 Å². The number of benzene rings is 3. The van der Waals surface area contributed by atoms with E-state index in [1.807, 2.05) is 62.4 Å². The van der Waals surface area contributed by atoms with E-state index in [9.17, 15) is 4.79 Å². The number of nitrogens with zero attached hydrogens (tertiary/aromatic N) is 3. The van der Waals surface area contributed by atoms with Gasteiger partial charge < -0.3 is 9.47 Å². The molecule has 4 rings (SSSR count). The summed E-state index contributed by atoms with van der Waals surface area (Å²) in [6.45, 7) is 4.39. The maximum absolute atomic E-state index is 13.3. The van der Waals surface area contributed by atoms with Crippen LogP contribution in [0.2, 0.25) is 0 Å². The van der Waals surface area contributed by atoms with Gasteiger partial charge >= 0.3 is 0 Å². The fraction of sp³-hybridized carbons (Fsp3) is 0.192. The van der Waals surface area contributed by atoms with Crippen LogP contribution in [-0.4, -0.2) is 23.0 Å². The zero-order valence-corrected chi connectivity index (χ0v) is 24.6. The van der Waals surface area contributed by atoms with Crippen molar-refractivity contribution >= 4 is 71.6 Å². The second kappa shape index (κ2) is 11.2. The normalized spacial score (nSPS) is 11.5. The van der Waals surface area contributed by atoms with E-state index < -0.39 is 0 Å². The highest BCUT2D eigenvalue weighted by molar-refractivity contribution is 14.1. The molecule has 9 heteroatoms. The monoisotopic (exact) mass is 709 g/mol. The Kier molecular flexibility index (Phi) is 8.28. The molecule has 0 aliphatic carbocycles. The van der Waals surface area contributed by atoms with Gasteiger partial charge in [-0.15, -0.1) is 0 Å². The van der Waals surface area contributed by atoms with Crippen molar-refractivity contribution in [3.63, 3.8) is 0 Å². The van der Waals surface area contributed by atoms with Gasteiger partial charge in [0.15, 0.2) is 11.5 Å². The molecule has 0 fully saturated rings. The number of hydrogen-bond acceptors (Lipinski definition) is 5. The van der Waals surface area contributed by atoms with Crippen molar-refractivity contribution in [2.75, 3.05) is 7.11 Å². The van der Waals surface area contributed by atoms with Gasteiger partial charge in [0.05, 0.1) is 27.8 Å². The Morgan fingerprint density at radius 3 is 2.49 bits per heavy atom. The highest BCUT2D eigenvalue weighted by Crippen LogP contribution is 2.34. The highest BCUT2D eigenvalue weighted by atomic mass is 127. The van der Waals surface area contributed by atoms with Gasteiger partial charge in [-0.25, -0.2) is 4.98 Å². The average molecular weight is 711 g/mol. The van der Waals surface area contributed by atoms with Crippen molar-refractivity contribution in [3.05, 3.63) is 94.4 Å². The second-order valence-electron chi connectivity index (χ2n) is 8.10. The Morgan fingerprint density at radius 2 is 1.80 bits per heavy atom. The first-order valence-corrected chi connectivity index (χ1v) is 13.4. The van der Waals surface area contributed by atoms with Crippen LogP contribution in [0.1, 0.15) is 36.7 Å². The lowest BCUT2D eigenvalue weighted by atomic mass is 10.2. The summed E-state index contributed by atoms with van der Waals surface area (Å²) in [4.78, 5) is 17.9. The molecule has 0 N–H and O–H groups in total. The largest absolute Gasteiger partial charge is 0.493 e. The third kappa shape index (κ3) is 5.95. The maximum atomic E-state index is 13.3. The minimum absolute atomic E-state index is 0.0111. The van der Waals surface area contributed by atoms with Crippen LogP contribution in [-0.2, 0) is 6.61 Å². The number of hydrogen-bond donors (Lipinski definition) is 0. The van der Waals surface area contributed by atoms with E-state index in [2.05, 4.69) is 59.6 Å². The fourth-order valence-corrected chi connectivity index (χ4v) is 4.87. The molecule has 0 saturated heterocycles. The Labute approximate surface area is 233 Å². The molecule has 0 bridgehead atoms. The van der Waals surface area contributed by atoms with E-state index in [0.29, 0.717) is 34.8 Å². The topological polar surface area (TPSA) is 65.7 Å². The molecule has 1 aromatic heterocycles. The van der Waals surface area contributed by atoms with Crippen LogP contribution in [0.15, 0.2) is 73.4 Å². The van der Waals surface area contributed by atoms with E-state index in [-0.39, 0.29) is 11.5 Å². The predicted octanol–water partition coefficient (Wildman–Crippen LogP) is 7.12. The van der Waals surface area contributed by atoms with Gasteiger partial charge in [0.1, 0.15) is 12.4 Å². The lowest BCUT2D eigenvalue weighted by Crippen LogP contribution is -2.23. The van der Waals surface area contributed by atoms with Crippen LogP contribution in [0.3, 0.4) is 0 Å². The van der Waals surface area contributed by atoms with Crippen LogP contribution in [0.4, 0.5) is 0 Å². The Morgan fingerprint density at radius 1 is 1.09 bits per heavy atom. The van der Waals surface area contributed by atoms with Crippen LogP contribution in [0, 0.1) is 3.57 Å². The molecule has 4 aromatic rings. The molecule has 0 unspecified atom stereocenters. The van der Waals surface area contributed by atoms with Crippen molar-refractivity contribution < 1.29 is 9.47 Å². The zero-order chi connectivity index (χ0) is 25.1. The predicted molar refractivity (Wildman–Crippen MR) is 155 cm³/mol. The molecule has 180 valence electrons. The summed E-state index contributed by atoms with van der Waals surface area (Å²) in [6, 6.07) is 17.2. The van der Waals surface area contributed by atoms with Crippen molar-refractivity contribution in [3.8, 4) is 11.5 Å². The summed E-state index contributed by atoms with van der Waals surface area (Å²) in [6.07, 6.45) is 1.64. The lowest BCUT2D eigenvalue weighted by Gasteiger charge is -2.14. The molecule has 0 spiro atoms. The molecule has 35 heavy (non-hydrogen) atoms. The summed E-state index contributed by atoms with van der Waals surface area (Å²) in [5, 5.41) is 5.03. The van der Waals surface area contributed by atoms with E-state index >= 15 is 0 Å². The van der Waals surface area contributed by atoms with Gasteiger partial charge in [-0.3, -0.25) is 4.79 Å². The zero-order valence-electron chi connectivity index (χ0n) is 19.3. The van der Waals surface area contributed by atoms with Crippen LogP contribution < -0.4 is 15.0 Å². The number of fused-ring (bicyclic) bond motifs is 1. The smallest absolute Gasteiger partial charge is 0.282 e. The van der Waals surface area contributed by atoms with Crippen molar-refractivity contribution in [2.45, 2.75) is 26.4 Å². The maximum Gasteiger partial charge on any atom is 0.282 e. The molecule has 1 heterocycles. The van der Waals surface area contributed by atoms with Gasteiger partial charge in [0.25, 0.3) is 5.56 Å². The molecule has 0 radical (unpaired) electrons. The molecular formula is C26H22Br2IN3O3. The molecule has 0 atom stereocenters. The lowest BCUT2D eigenvalue weighted by molar-refractivity contribution is 0.282. The quantitative estimate of drug-likeness (QED) is 0.151. The summed E-state index contributed by atoms with van der Waals surface area (Å²) in [5.41, 5.74) is 2.26. The first-order chi connectivity index (χ1) is 16.8. The van der Waals surface area contributed by atoms with Crippen molar-refractivity contribution in [1.82, 2.24) is 9.66 Å². The Bertz CT molecular complexity index is 1470. The third-order valence-corrected chi connectivity index (χ3v) is 7.04. The fourth-order valence-electron chi connectivity index (χ4n) is 3.47. The Balaban J connectivity index is 1.68. The first-order valence-electron chi connectivity index (χ1n) is 10.8. The number of aromatic nitrogens is 2. The molecule has 0 saturated carbocycles. The SMILES string of the molecule is COc1cc(C=Nn2c(C(C)C)nc3ccc(Br)cc3c2=O)cc(I)c1OCc1ccc(Br)cc1. The number of ether oxygens (including phenoxy) is 2. The van der Waals surface area contributed by atoms with Gasteiger partial charge in [0, 0.05) is 14.9 Å². The molecule has 0 amide bonds. The first kappa shape index (κ1) is 25.8. The summed E-state index contributed by atoms with van der Waals surface area (Å²) >= 11 is 9.09. The summed E-state index contributed by atoms with van der Waals surface area (Å²) in [7, 11) is 1.60. The second-order valence-corrected chi connectivity index (χ2v) is 11.1. The summed E-state index contributed by atoms with van der Waals surface area (Å²) < 4.78 is 15.7. The molecule has 0 aliphatic rings. The standard InChI is InChI=1S/C26H22Br2IN3O3/c1-15(2)25-31-22-9-8-19(28)12-20(22)26(33)32(25)30-13-17-10-21(29)24(23(11-17)34-3)35-14-16-4-6-18(27)7-5-16/h4-13,15H,14H2,1-3H3. The highest BCUT2D eigenvalue weighted by Gasteiger charge is 2.15.